The van der Waals surface area contributed by atoms with Gasteiger partial charge >= 0.3 is 11.7 Å². The van der Waals surface area contributed by atoms with Gasteiger partial charge in [0, 0.05) is 12.6 Å². The number of carbonyl (C=O) groups is 1. The summed E-state index contributed by atoms with van der Waals surface area (Å²) in [7, 11) is 0. The summed E-state index contributed by atoms with van der Waals surface area (Å²) in [5, 5.41) is 0. The van der Waals surface area contributed by atoms with Gasteiger partial charge < -0.3 is 15.2 Å². The van der Waals surface area contributed by atoms with Gasteiger partial charge in [-0.2, -0.15) is 4.98 Å². The SMILES string of the molecule is CCC(=O)OCCO[C@H](C(C)C)n1ccc(N)nc1=O. The van der Waals surface area contributed by atoms with Gasteiger partial charge in [-0.05, 0) is 12.0 Å². The number of anilines is 1. The Kier molecular flexibility index (Phi) is 6.17. The number of nitrogen functional groups attached to an aromatic ring is 1. The van der Waals surface area contributed by atoms with Crippen LogP contribution in [0.4, 0.5) is 5.82 Å². The molecule has 0 saturated carbocycles. The molecule has 0 aliphatic carbocycles. The van der Waals surface area contributed by atoms with Gasteiger partial charge in [-0.25, -0.2) is 4.79 Å². The number of carbonyl (C=O) groups excluding carboxylic acids is 1. The van der Waals surface area contributed by atoms with Crippen molar-refractivity contribution in [3.05, 3.63) is 22.7 Å². The molecule has 0 saturated heterocycles. The molecule has 0 spiro atoms. The molecule has 1 aromatic rings. The highest BCUT2D eigenvalue weighted by atomic mass is 16.6. The van der Waals surface area contributed by atoms with Crippen molar-refractivity contribution in [1.82, 2.24) is 9.55 Å². The van der Waals surface area contributed by atoms with E-state index in [0.29, 0.717) is 6.42 Å². The topological polar surface area (TPSA) is 96.4 Å². The fourth-order valence-corrected chi connectivity index (χ4v) is 1.64. The lowest BCUT2D eigenvalue weighted by molar-refractivity contribution is -0.146. The van der Waals surface area contributed by atoms with Crippen LogP contribution in [-0.4, -0.2) is 28.7 Å². The number of nitrogens with two attached hydrogens (primary N) is 1. The van der Waals surface area contributed by atoms with Gasteiger partial charge in [-0.3, -0.25) is 9.36 Å². The summed E-state index contributed by atoms with van der Waals surface area (Å²) in [4.78, 5) is 26.4. The van der Waals surface area contributed by atoms with Crippen LogP contribution in [0.1, 0.15) is 33.4 Å². The van der Waals surface area contributed by atoms with Gasteiger partial charge in [-0.15, -0.1) is 0 Å². The lowest BCUT2D eigenvalue weighted by atomic mass is 10.2. The van der Waals surface area contributed by atoms with Crippen LogP contribution in [0.3, 0.4) is 0 Å². The van der Waals surface area contributed by atoms with Gasteiger partial charge in [-0.1, -0.05) is 20.8 Å². The molecule has 7 nitrogen and oxygen atoms in total. The van der Waals surface area contributed by atoms with E-state index in [1.54, 1.807) is 13.1 Å². The quantitative estimate of drug-likeness (QED) is 0.591. The lowest BCUT2D eigenvalue weighted by Gasteiger charge is -2.23. The molecule has 112 valence electrons. The first-order chi connectivity index (χ1) is 9.45. The predicted molar refractivity (Wildman–Crippen MR) is 74.0 cm³/mol. The van der Waals surface area contributed by atoms with Crippen LogP contribution in [0, 0.1) is 5.92 Å². The maximum absolute atomic E-state index is 11.8. The van der Waals surface area contributed by atoms with Gasteiger partial charge in [0.15, 0.2) is 0 Å². The zero-order valence-electron chi connectivity index (χ0n) is 12.0. The Morgan fingerprint density at radius 3 is 2.70 bits per heavy atom. The molecule has 0 radical (unpaired) electrons. The summed E-state index contributed by atoms with van der Waals surface area (Å²) in [6, 6.07) is 1.54. The van der Waals surface area contributed by atoms with E-state index in [-0.39, 0.29) is 30.9 Å². The molecule has 0 aromatic carbocycles. The van der Waals surface area contributed by atoms with Crippen LogP contribution in [-0.2, 0) is 14.3 Å². The fourth-order valence-electron chi connectivity index (χ4n) is 1.64. The number of rotatable bonds is 7. The third-order valence-corrected chi connectivity index (χ3v) is 2.62. The van der Waals surface area contributed by atoms with Crippen molar-refractivity contribution in [1.29, 1.82) is 0 Å². The number of esters is 1. The summed E-state index contributed by atoms with van der Waals surface area (Å²) in [6.45, 7) is 5.94. The Morgan fingerprint density at radius 2 is 2.15 bits per heavy atom. The second-order valence-corrected chi connectivity index (χ2v) is 4.62. The number of nitrogens with zero attached hydrogens (tertiary/aromatic N) is 2. The van der Waals surface area contributed by atoms with Crippen molar-refractivity contribution in [3.63, 3.8) is 0 Å². The van der Waals surface area contributed by atoms with Crippen LogP contribution in [0.25, 0.3) is 0 Å². The van der Waals surface area contributed by atoms with Crippen LogP contribution in [0.15, 0.2) is 17.1 Å². The summed E-state index contributed by atoms with van der Waals surface area (Å²) >= 11 is 0. The molecule has 0 aliphatic rings. The summed E-state index contributed by atoms with van der Waals surface area (Å²) in [5.74, 6) is -0.0494. The molecule has 0 unspecified atom stereocenters. The van der Waals surface area contributed by atoms with Crippen LogP contribution < -0.4 is 11.4 Å². The molecule has 7 heteroatoms. The maximum Gasteiger partial charge on any atom is 0.351 e. The van der Waals surface area contributed by atoms with E-state index in [4.69, 9.17) is 15.2 Å². The van der Waals surface area contributed by atoms with Crippen LogP contribution in [0.2, 0.25) is 0 Å². The van der Waals surface area contributed by atoms with Gasteiger partial charge in [0.2, 0.25) is 0 Å². The number of hydrogen-bond donors (Lipinski definition) is 1. The van der Waals surface area contributed by atoms with Crippen LogP contribution in [0.5, 0.6) is 0 Å². The molecule has 0 aliphatic heterocycles. The average Bonchev–Trinajstić information content (AvgIpc) is 2.39. The Morgan fingerprint density at radius 1 is 1.45 bits per heavy atom. The first-order valence-corrected chi connectivity index (χ1v) is 6.57. The van der Waals surface area contributed by atoms with Gasteiger partial charge in [0.25, 0.3) is 0 Å². The van der Waals surface area contributed by atoms with E-state index in [1.165, 1.54) is 10.6 Å². The Bertz CT molecular complexity index is 499. The first-order valence-electron chi connectivity index (χ1n) is 6.57. The van der Waals surface area contributed by atoms with Gasteiger partial charge in [0.1, 0.15) is 18.7 Å². The molecule has 20 heavy (non-hydrogen) atoms. The third-order valence-electron chi connectivity index (χ3n) is 2.62. The van der Waals surface area contributed by atoms with Crippen molar-refractivity contribution in [2.45, 2.75) is 33.4 Å². The molecule has 1 rings (SSSR count). The lowest BCUT2D eigenvalue weighted by Crippen LogP contribution is -2.32. The minimum Gasteiger partial charge on any atom is -0.463 e. The Hall–Kier alpha value is -1.89. The van der Waals surface area contributed by atoms with E-state index in [0.717, 1.165) is 0 Å². The Balaban J connectivity index is 2.65. The molecule has 0 bridgehead atoms. The van der Waals surface area contributed by atoms with Gasteiger partial charge in [0.05, 0.1) is 6.61 Å². The monoisotopic (exact) mass is 283 g/mol. The molecular weight excluding hydrogens is 262 g/mol. The highest BCUT2D eigenvalue weighted by Crippen LogP contribution is 2.17. The van der Waals surface area contributed by atoms with Crippen molar-refractivity contribution < 1.29 is 14.3 Å². The predicted octanol–water partition coefficient (Wildman–Crippen LogP) is 0.950. The number of ether oxygens (including phenoxy) is 2. The van der Waals surface area contributed by atoms with E-state index < -0.39 is 11.9 Å². The van der Waals surface area contributed by atoms with Crippen molar-refractivity contribution in [3.8, 4) is 0 Å². The number of hydrogen-bond acceptors (Lipinski definition) is 6. The van der Waals surface area contributed by atoms with E-state index in [2.05, 4.69) is 4.98 Å². The number of aromatic nitrogens is 2. The smallest absolute Gasteiger partial charge is 0.351 e. The minimum absolute atomic E-state index is 0.0556. The maximum atomic E-state index is 11.8. The second kappa shape index (κ2) is 7.64. The average molecular weight is 283 g/mol. The molecule has 2 N–H and O–H groups in total. The molecule has 1 heterocycles. The van der Waals surface area contributed by atoms with E-state index in [9.17, 15) is 9.59 Å². The third kappa shape index (κ3) is 4.65. The fraction of sp³-hybridized carbons (Fsp3) is 0.615. The molecule has 0 amide bonds. The second-order valence-electron chi connectivity index (χ2n) is 4.62. The van der Waals surface area contributed by atoms with Crippen molar-refractivity contribution >= 4 is 11.8 Å². The summed E-state index contributed by atoms with van der Waals surface area (Å²) < 4.78 is 11.9. The molecule has 1 aromatic heterocycles. The highest BCUT2D eigenvalue weighted by Gasteiger charge is 2.17. The van der Waals surface area contributed by atoms with E-state index >= 15 is 0 Å². The van der Waals surface area contributed by atoms with Crippen molar-refractivity contribution in [2.75, 3.05) is 18.9 Å². The molecule has 0 fully saturated rings. The Labute approximate surface area is 117 Å². The zero-order chi connectivity index (χ0) is 15.1. The van der Waals surface area contributed by atoms with Crippen molar-refractivity contribution in [2.24, 2.45) is 5.92 Å². The molecule has 1 atom stereocenters. The summed E-state index contributed by atoms with van der Waals surface area (Å²) in [6.07, 6.45) is 1.40. The standard InChI is InChI=1S/C13H21N3O4/c1-4-11(17)19-7-8-20-12(9(2)3)16-6-5-10(14)15-13(16)18/h5-6,9,12H,4,7-8H2,1-3H3,(H2,14,15,18)/t12-/m1/s1. The first kappa shape index (κ1) is 16.2. The largest absolute Gasteiger partial charge is 0.463 e. The highest BCUT2D eigenvalue weighted by molar-refractivity contribution is 5.68. The summed E-state index contributed by atoms with van der Waals surface area (Å²) in [5.41, 5.74) is 4.99. The normalized spacial score (nSPS) is 12.4. The zero-order valence-corrected chi connectivity index (χ0v) is 12.0. The van der Waals surface area contributed by atoms with Crippen LogP contribution >= 0.6 is 0 Å². The molecular formula is C13H21N3O4. The minimum atomic E-state index is -0.476. The van der Waals surface area contributed by atoms with E-state index in [1.807, 2.05) is 13.8 Å².